The van der Waals surface area contributed by atoms with Crippen LogP contribution in [0, 0.1) is 0 Å². The Kier molecular flexibility index (Phi) is 10.4. The summed E-state index contributed by atoms with van der Waals surface area (Å²) in [6, 6.07) is -0.0525. The fourth-order valence-corrected chi connectivity index (χ4v) is 5.02. The topological polar surface area (TPSA) is 140 Å². The lowest BCUT2D eigenvalue weighted by Crippen LogP contribution is -2.44. The monoisotopic (exact) mass is 571 g/mol. The summed E-state index contributed by atoms with van der Waals surface area (Å²) in [5.74, 6) is 1.23. The van der Waals surface area contributed by atoms with Crippen molar-refractivity contribution in [1.82, 2.24) is 34.3 Å². The zero-order valence-electron chi connectivity index (χ0n) is 24.9. The molecule has 13 nitrogen and oxygen atoms in total. The van der Waals surface area contributed by atoms with Crippen molar-refractivity contribution in [3.63, 3.8) is 0 Å². The zero-order chi connectivity index (χ0) is 29.5. The third kappa shape index (κ3) is 7.85. The number of hydrogen-bond donors (Lipinski definition) is 3. The molecule has 2 atom stereocenters. The Morgan fingerprint density at radius 2 is 1.93 bits per heavy atom. The molecule has 2 aliphatic heterocycles. The van der Waals surface area contributed by atoms with Gasteiger partial charge in [-0.1, -0.05) is 26.8 Å². The van der Waals surface area contributed by atoms with Crippen LogP contribution in [0.5, 0.6) is 0 Å². The molecule has 2 aromatic heterocycles. The molecule has 2 aliphatic rings. The van der Waals surface area contributed by atoms with Gasteiger partial charge in [0.1, 0.15) is 6.10 Å². The van der Waals surface area contributed by atoms with Crippen LogP contribution in [0.3, 0.4) is 0 Å². The smallest absolute Gasteiger partial charge is 0.410 e. The highest BCUT2D eigenvalue weighted by atomic mass is 16.6. The number of amides is 2. The third-order valence-electron chi connectivity index (χ3n) is 7.58. The predicted molar refractivity (Wildman–Crippen MR) is 157 cm³/mol. The van der Waals surface area contributed by atoms with Crippen LogP contribution in [0.4, 0.5) is 16.6 Å². The van der Waals surface area contributed by atoms with E-state index in [0.29, 0.717) is 56.6 Å². The number of fused-ring (bicyclic) bond motifs is 1. The molecule has 0 aromatic carbocycles. The first-order valence-corrected chi connectivity index (χ1v) is 14.6. The first-order valence-electron chi connectivity index (χ1n) is 14.6. The first kappa shape index (κ1) is 30.5. The van der Waals surface area contributed by atoms with Crippen molar-refractivity contribution in [1.29, 1.82) is 0 Å². The second-order valence-electron chi connectivity index (χ2n) is 11.4. The van der Waals surface area contributed by atoms with Gasteiger partial charge >= 0.3 is 6.09 Å². The molecule has 4 rings (SSSR count). The number of carbonyl (C=O) groups excluding carboxylic acids is 2. The fourth-order valence-electron chi connectivity index (χ4n) is 5.02. The number of imidazole rings is 1. The normalized spacial score (nSPS) is 19.1. The Bertz CT molecular complexity index is 1200. The second kappa shape index (κ2) is 13.9. The molecule has 0 unspecified atom stereocenters. The van der Waals surface area contributed by atoms with Crippen LogP contribution in [-0.4, -0.2) is 123 Å². The van der Waals surface area contributed by atoms with Gasteiger partial charge in [0, 0.05) is 44.7 Å². The number of ether oxygens (including phenoxy) is 1. The summed E-state index contributed by atoms with van der Waals surface area (Å²) in [5, 5.41) is 21.1. The van der Waals surface area contributed by atoms with Crippen molar-refractivity contribution in [2.24, 2.45) is 0 Å². The standard InChI is InChI=1S/C28H45N9O4/c1-6-20(18-38)31-27-32-25(26-29-16-23(19(2)3)37(26)33-27)30-21-9-13-35(14-10-21)28(40)41-22-11-15-36(17-22)24(39)8-7-12-34(4)5/h7-8,16,19-22,38H,6,9-15,17-18H2,1-5H3,(H2,30,31,32,33)/b8-7+/t20-,22+/m1/s1. The fraction of sp³-hybridized carbons (Fsp3) is 0.679. The Hall–Kier alpha value is -3.45. The van der Waals surface area contributed by atoms with Gasteiger partial charge in [0.2, 0.25) is 11.9 Å². The van der Waals surface area contributed by atoms with Crippen LogP contribution in [0.1, 0.15) is 58.1 Å². The van der Waals surface area contributed by atoms with Gasteiger partial charge < -0.3 is 35.2 Å². The summed E-state index contributed by atoms with van der Waals surface area (Å²) in [6.07, 6.45) is 7.48. The highest BCUT2D eigenvalue weighted by molar-refractivity contribution is 5.87. The number of nitrogens with one attached hydrogen (secondary N) is 2. The summed E-state index contributed by atoms with van der Waals surface area (Å²) < 4.78 is 7.57. The molecule has 41 heavy (non-hydrogen) atoms. The van der Waals surface area contributed by atoms with E-state index in [-0.39, 0.29) is 42.7 Å². The predicted octanol–water partition coefficient (Wildman–Crippen LogP) is 2.16. The molecule has 3 N–H and O–H groups in total. The lowest BCUT2D eigenvalue weighted by Gasteiger charge is -2.32. The molecule has 2 fully saturated rings. The van der Waals surface area contributed by atoms with Crippen LogP contribution >= 0.6 is 0 Å². The quantitative estimate of drug-likeness (QED) is 0.344. The number of likely N-dealkylation sites (tertiary alicyclic amines) is 2. The van der Waals surface area contributed by atoms with Gasteiger partial charge in [-0.25, -0.2) is 14.3 Å². The molecule has 0 aliphatic carbocycles. The summed E-state index contributed by atoms with van der Waals surface area (Å²) in [5.41, 5.74) is 1.62. The Labute approximate surface area is 241 Å². The van der Waals surface area contributed by atoms with Crippen LogP contribution in [0.15, 0.2) is 18.3 Å². The van der Waals surface area contributed by atoms with Crippen LogP contribution in [0.25, 0.3) is 5.65 Å². The maximum atomic E-state index is 12.9. The molecule has 0 spiro atoms. The summed E-state index contributed by atoms with van der Waals surface area (Å²) in [7, 11) is 3.90. The molecule has 0 bridgehead atoms. The molecule has 2 amide bonds. The minimum absolute atomic E-state index is 0.0147. The molecule has 2 saturated heterocycles. The SMILES string of the molecule is CC[C@H](CO)Nc1nc(NC2CCN(C(=O)O[C@H]3CCN(C(=O)/C=C/CN(C)C)C3)CC2)c2ncc(C(C)C)n2n1. The largest absolute Gasteiger partial charge is 0.444 e. The molecule has 13 heteroatoms. The van der Waals surface area contributed by atoms with E-state index in [9.17, 15) is 14.7 Å². The van der Waals surface area contributed by atoms with Gasteiger partial charge in [-0.15, -0.1) is 5.10 Å². The molecular weight excluding hydrogens is 526 g/mol. The van der Waals surface area contributed by atoms with Gasteiger partial charge in [0.25, 0.3) is 0 Å². The highest BCUT2D eigenvalue weighted by Gasteiger charge is 2.31. The van der Waals surface area contributed by atoms with E-state index in [1.165, 1.54) is 0 Å². The molecule has 4 heterocycles. The molecule has 0 radical (unpaired) electrons. The van der Waals surface area contributed by atoms with E-state index < -0.39 is 0 Å². The van der Waals surface area contributed by atoms with Crippen molar-refractivity contribution in [3.05, 3.63) is 24.0 Å². The van der Waals surface area contributed by atoms with Gasteiger partial charge in [-0.3, -0.25) is 4.79 Å². The Morgan fingerprint density at radius 1 is 1.20 bits per heavy atom. The highest BCUT2D eigenvalue weighted by Crippen LogP contribution is 2.24. The maximum absolute atomic E-state index is 12.9. The van der Waals surface area contributed by atoms with E-state index in [2.05, 4.69) is 34.6 Å². The number of aromatic nitrogens is 4. The lowest BCUT2D eigenvalue weighted by molar-refractivity contribution is -0.125. The first-order chi connectivity index (χ1) is 19.7. The summed E-state index contributed by atoms with van der Waals surface area (Å²) in [4.78, 5) is 40.0. The van der Waals surface area contributed by atoms with Crippen molar-refractivity contribution in [2.75, 3.05) is 64.1 Å². The van der Waals surface area contributed by atoms with Gasteiger partial charge in [0.15, 0.2) is 11.5 Å². The average molecular weight is 572 g/mol. The van der Waals surface area contributed by atoms with Gasteiger partial charge in [-0.05, 0) is 39.3 Å². The number of likely N-dealkylation sites (N-methyl/N-ethyl adjacent to an activating group) is 1. The number of hydrogen-bond acceptors (Lipinski definition) is 10. The van der Waals surface area contributed by atoms with Crippen molar-refractivity contribution >= 4 is 29.4 Å². The number of aliphatic hydroxyl groups is 1. The van der Waals surface area contributed by atoms with Gasteiger partial charge in [-0.2, -0.15) is 4.98 Å². The zero-order valence-corrected chi connectivity index (χ0v) is 24.9. The average Bonchev–Trinajstić information content (AvgIpc) is 3.59. The minimum atomic E-state index is -0.328. The van der Waals surface area contributed by atoms with Crippen molar-refractivity contribution in [2.45, 2.75) is 70.6 Å². The van der Waals surface area contributed by atoms with Gasteiger partial charge in [0.05, 0.1) is 31.1 Å². The maximum Gasteiger partial charge on any atom is 0.410 e. The molecule has 2 aromatic rings. The van der Waals surface area contributed by atoms with Crippen LogP contribution in [-0.2, 0) is 9.53 Å². The molecule has 226 valence electrons. The van der Waals surface area contributed by atoms with E-state index in [4.69, 9.17) is 9.72 Å². The third-order valence-corrected chi connectivity index (χ3v) is 7.58. The Morgan fingerprint density at radius 3 is 2.59 bits per heavy atom. The van der Waals surface area contributed by atoms with Crippen LogP contribution < -0.4 is 10.6 Å². The van der Waals surface area contributed by atoms with E-state index in [1.807, 2.05) is 42.7 Å². The van der Waals surface area contributed by atoms with Crippen molar-refractivity contribution < 1.29 is 19.4 Å². The second-order valence-corrected chi connectivity index (χ2v) is 11.4. The van der Waals surface area contributed by atoms with Crippen LogP contribution in [0.2, 0.25) is 0 Å². The van der Waals surface area contributed by atoms with E-state index >= 15 is 0 Å². The lowest BCUT2D eigenvalue weighted by atomic mass is 10.1. The number of rotatable bonds is 11. The van der Waals surface area contributed by atoms with E-state index in [0.717, 1.165) is 25.0 Å². The summed E-state index contributed by atoms with van der Waals surface area (Å²) in [6.45, 7) is 8.98. The number of anilines is 2. The van der Waals surface area contributed by atoms with Crippen molar-refractivity contribution in [3.8, 4) is 0 Å². The minimum Gasteiger partial charge on any atom is -0.444 e. The number of aliphatic hydroxyl groups excluding tert-OH is 1. The molecular formula is C28H45N9O4. The number of nitrogens with zero attached hydrogens (tertiary/aromatic N) is 7. The number of piperidine rings is 1. The number of carbonyl (C=O) groups is 2. The Balaban J connectivity index is 1.32. The van der Waals surface area contributed by atoms with E-state index in [1.54, 1.807) is 15.9 Å². The molecule has 0 saturated carbocycles. The summed E-state index contributed by atoms with van der Waals surface area (Å²) >= 11 is 0.